The minimum atomic E-state index is 0.940. The van der Waals surface area contributed by atoms with Crippen molar-refractivity contribution in [2.24, 2.45) is 10.2 Å². The highest BCUT2D eigenvalue weighted by Gasteiger charge is 2.11. The third kappa shape index (κ3) is 5.51. The predicted octanol–water partition coefficient (Wildman–Crippen LogP) is 9.48. The van der Waals surface area contributed by atoms with E-state index < -0.39 is 0 Å². The van der Waals surface area contributed by atoms with Crippen molar-refractivity contribution in [1.29, 1.82) is 0 Å². The number of aryl methyl sites for hydroxylation is 2. The normalized spacial score (nSPS) is 11.6. The highest BCUT2D eigenvalue weighted by atomic mass is 15.2. The summed E-state index contributed by atoms with van der Waals surface area (Å²) in [6.07, 6.45) is 9.89. The number of hydrogen-bond acceptors (Lipinski definition) is 2. The molecule has 4 aromatic carbocycles. The van der Waals surface area contributed by atoms with Gasteiger partial charge in [0.25, 0.3) is 0 Å². The molecule has 0 aliphatic rings. The Labute approximate surface area is 248 Å². The van der Waals surface area contributed by atoms with E-state index >= 15 is 0 Å². The van der Waals surface area contributed by atoms with Crippen LogP contribution in [-0.4, -0.2) is 9.13 Å². The quantitative estimate of drug-likeness (QED) is 0.0868. The molecule has 0 unspecified atom stereocenters. The Hall–Kier alpha value is -4.18. The molecule has 2 aromatic heterocycles. The monoisotopic (exact) mass is 554 g/mol. The van der Waals surface area contributed by atoms with E-state index in [0.717, 1.165) is 45.3 Å². The number of hydrogen-bond donors (Lipinski definition) is 0. The molecule has 4 nitrogen and oxygen atoms in total. The maximum atomic E-state index is 5.10. The summed E-state index contributed by atoms with van der Waals surface area (Å²) in [5.74, 6) is 0. The third-order valence-electron chi connectivity index (χ3n) is 8.52. The summed E-state index contributed by atoms with van der Waals surface area (Å²) in [4.78, 5) is 0. The number of pyridine rings is 2. The SMILES string of the molecule is CCCCCCn1c2ccccc2c(=NN=c2c3ccccc3n(CCCCCC)c3ccccc23)c2ccccc21. The molecular weight excluding hydrogens is 512 g/mol. The molecule has 0 atom stereocenters. The maximum absolute atomic E-state index is 5.10. The molecule has 214 valence electrons. The molecule has 42 heavy (non-hydrogen) atoms. The first-order valence-electron chi connectivity index (χ1n) is 15.9. The molecule has 0 saturated heterocycles. The molecule has 0 saturated carbocycles. The maximum Gasteiger partial charge on any atom is 0.104 e. The fourth-order valence-electron chi connectivity index (χ4n) is 6.38. The molecule has 0 amide bonds. The number of rotatable bonds is 11. The first kappa shape index (κ1) is 28.0. The van der Waals surface area contributed by atoms with Crippen LogP contribution in [0.3, 0.4) is 0 Å². The van der Waals surface area contributed by atoms with E-state index in [-0.39, 0.29) is 0 Å². The third-order valence-corrected chi connectivity index (χ3v) is 8.52. The highest BCUT2D eigenvalue weighted by molar-refractivity contribution is 5.94. The lowest BCUT2D eigenvalue weighted by Crippen LogP contribution is -2.15. The summed E-state index contributed by atoms with van der Waals surface area (Å²) in [5, 5.41) is 16.7. The number of fused-ring (bicyclic) bond motifs is 4. The largest absolute Gasteiger partial charge is 0.340 e. The van der Waals surface area contributed by atoms with Crippen LogP contribution >= 0.6 is 0 Å². The van der Waals surface area contributed by atoms with Crippen molar-refractivity contribution in [3.8, 4) is 0 Å². The van der Waals surface area contributed by atoms with Crippen molar-refractivity contribution >= 4 is 43.6 Å². The first-order chi connectivity index (χ1) is 20.8. The lowest BCUT2D eigenvalue weighted by molar-refractivity contribution is 0.601. The number of unbranched alkanes of at least 4 members (excludes halogenated alkanes) is 6. The molecular formula is C38H42N4. The highest BCUT2D eigenvalue weighted by Crippen LogP contribution is 2.22. The van der Waals surface area contributed by atoms with Crippen LogP contribution in [0.25, 0.3) is 43.6 Å². The standard InChI is InChI=1S/C38H42N4/c1-3-5-7-17-27-41-33-23-13-9-19-29(33)37(30-20-10-14-24-34(30)41)39-40-38-31-21-11-15-25-35(31)42(28-18-8-6-4-2)36-26-16-12-22-32(36)38/h9-16,19-26H,3-8,17-18,27-28H2,1-2H3. The van der Waals surface area contributed by atoms with E-state index in [4.69, 9.17) is 10.2 Å². The lowest BCUT2D eigenvalue weighted by atomic mass is 10.1. The van der Waals surface area contributed by atoms with Gasteiger partial charge in [0.15, 0.2) is 0 Å². The van der Waals surface area contributed by atoms with Gasteiger partial charge in [0.2, 0.25) is 0 Å². The van der Waals surface area contributed by atoms with E-state index in [1.807, 2.05) is 0 Å². The lowest BCUT2D eigenvalue weighted by Gasteiger charge is -2.16. The zero-order chi connectivity index (χ0) is 28.7. The van der Waals surface area contributed by atoms with Crippen LogP contribution in [-0.2, 0) is 13.1 Å². The van der Waals surface area contributed by atoms with E-state index in [2.05, 4.69) is 120 Å². The summed E-state index contributed by atoms with van der Waals surface area (Å²) >= 11 is 0. The summed E-state index contributed by atoms with van der Waals surface area (Å²) in [6.45, 7) is 6.54. The Balaban J connectivity index is 1.60. The van der Waals surface area contributed by atoms with Crippen molar-refractivity contribution in [3.05, 3.63) is 108 Å². The molecule has 6 aromatic rings. The van der Waals surface area contributed by atoms with Crippen molar-refractivity contribution in [2.45, 2.75) is 78.3 Å². The van der Waals surface area contributed by atoms with Crippen molar-refractivity contribution in [2.75, 3.05) is 0 Å². The Morgan fingerprint density at radius 1 is 0.405 bits per heavy atom. The van der Waals surface area contributed by atoms with Gasteiger partial charge in [0.1, 0.15) is 10.7 Å². The molecule has 0 N–H and O–H groups in total. The van der Waals surface area contributed by atoms with Gasteiger partial charge in [0, 0.05) is 34.6 Å². The second kappa shape index (κ2) is 13.2. The minimum Gasteiger partial charge on any atom is -0.340 e. The van der Waals surface area contributed by atoms with Crippen molar-refractivity contribution < 1.29 is 0 Å². The topological polar surface area (TPSA) is 34.6 Å². The van der Waals surface area contributed by atoms with Crippen molar-refractivity contribution in [3.63, 3.8) is 0 Å². The second-order valence-electron chi connectivity index (χ2n) is 11.4. The fourth-order valence-corrected chi connectivity index (χ4v) is 6.38. The number of aromatic nitrogens is 2. The smallest absolute Gasteiger partial charge is 0.104 e. The summed E-state index contributed by atoms with van der Waals surface area (Å²) in [5.41, 5.74) is 4.87. The summed E-state index contributed by atoms with van der Waals surface area (Å²) in [6, 6.07) is 34.7. The van der Waals surface area contributed by atoms with Crippen LogP contribution in [0.2, 0.25) is 0 Å². The van der Waals surface area contributed by atoms with Gasteiger partial charge in [-0.15, -0.1) is 10.2 Å². The first-order valence-corrected chi connectivity index (χ1v) is 15.9. The van der Waals surface area contributed by atoms with E-state index in [1.54, 1.807) is 0 Å². The molecule has 0 radical (unpaired) electrons. The van der Waals surface area contributed by atoms with Crippen LogP contribution in [0.15, 0.2) is 107 Å². The van der Waals surface area contributed by atoms with Crippen LogP contribution < -0.4 is 10.7 Å². The van der Waals surface area contributed by atoms with Crippen LogP contribution in [0.4, 0.5) is 0 Å². The molecule has 0 bridgehead atoms. The van der Waals surface area contributed by atoms with Gasteiger partial charge in [-0.2, -0.15) is 0 Å². The summed E-state index contributed by atoms with van der Waals surface area (Å²) in [7, 11) is 0. The molecule has 0 fully saturated rings. The molecule has 4 heteroatoms. The Kier molecular flexibility index (Phi) is 8.79. The van der Waals surface area contributed by atoms with Gasteiger partial charge >= 0.3 is 0 Å². The number of benzene rings is 4. The molecule has 2 heterocycles. The van der Waals surface area contributed by atoms with E-state index in [1.165, 1.54) is 73.4 Å². The van der Waals surface area contributed by atoms with E-state index in [9.17, 15) is 0 Å². The minimum absolute atomic E-state index is 0.940. The molecule has 0 aliphatic heterocycles. The zero-order valence-electron chi connectivity index (χ0n) is 25.1. The summed E-state index contributed by atoms with van der Waals surface area (Å²) < 4.78 is 4.96. The number of para-hydroxylation sites is 4. The van der Waals surface area contributed by atoms with Crippen LogP contribution in [0.5, 0.6) is 0 Å². The molecule has 0 aliphatic carbocycles. The van der Waals surface area contributed by atoms with Gasteiger partial charge < -0.3 is 9.13 Å². The van der Waals surface area contributed by atoms with Gasteiger partial charge in [-0.05, 0) is 37.1 Å². The van der Waals surface area contributed by atoms with Gasteiger partial charge in [-0.1, -0.05) is 125 Å². The van der Waals surface area contributed by atoms with E-state index in [0.29, 0.717) is 0 Å². The Bertz CT molecular complexity index is 1710. The second-order valence-corrected chi connectivity index (χ2v) is 11.4. The Morgan fingerprint density at radius 2 is 0.714 bits per heavy atom. The fraction of sp³-hybridized carbons (Fsp3) is 0.316. The Morgan fingerprint density at radius 3 is 1.02 bits per heavy atom. The van der Waals surface area contributed by atoms with Crippen LogP contribution in [0.1, 0.15) is 65.2 Å². The van der Waals surface area contributed by atoms with Crippen molar-refractivity contribution in [1.82, 2.24) is 9.13 Å². The van der Waals surface area contributed by atoms with Gasteiger partial charge in [0.05, 0.1) is 22.1 Å². The average molecular weight is 555 g/mol. The number of nitrogens with zero attached hydrogens (tertiary/aromatic N) is 4. The van der Waals surface area contributed by atoms with Crippen LogP contribution in [0, 0.1) is 0 Å². The molecule has 6 rings (SSSR count). The molecule has 0 spiro atoms. The van der Waals surface area contributed by atoms with Gasteiger partial charge in [-0.3, -0.25) is 0 Å². The average Bonchev–Trinajstić information content (AvgIpc) is 3.04. The predicted molar refractivity (Wildman–Crippen MR) is 178 cm³/mol. The van der Waals surface area contributed by atoms with Gasteiger partial charge in [-0.25, -0.2) is 0 Å². The zero-order valence-corrected chi connectivity index (χ0v) is 25.1.